The van der Waals surface area contributed by atoms with Gasteiger partial charge in [0.15, 0.2) is 0 Å². The molecule has 0 bridgehead atoms. The number of ether oxygens (including phenoxy) is 1. The lowest BCUT2D eigenvalue weighted by Gasteiger charge is -2.40. The maximum absolute atomic E-state index is 14.0. The molecule has 2 aliphatic heterocycles. The second-order valence-electron chi connectivity index (χ2n) is 7.67. The first-order valence-corrected chi connectivity index (χ1v) is 11.4. The van der Waals surface area contributed by atoms with Crippen LogP contribution in [0.4, 0.5) is 4.39 Å². The molecule has 1 amide bonds. The molecule has 5 heteroatoms. The van der Waals surface area contributed by atoms with Crippen molar-refractivity contribution in [3.63, 3.8) is 0 Å². The van der Waals surface area contributed by atoms with Crippen LogP contribution in [-0.4, -0.2) is 42.6 Å². The molecule has 4 nitrogen and oxygen atoms in total. The van der Waals surface area contributed by atoms with Crippen LogP contribution in [0, 0.1) is 5.82 Å². The monoisotopic (exact) mass is 424 g/mol. The SMILES string of the molecule is CC.CCN(CC)C(=O)c1ccc(C2=CC3(CCNCC3)Oc3ccc(F)cc32)cc1. The molecular weight excluding hydrogens is 391 g/mol. The van der Waals surface area contributed by atoms with Crippen LogP contribution in [-0.2, 0) is 0 Å². The number of hydrogen-bond acceptors (Lipinski definition) is 3. The highest BCUT2D eigenvalue weighted by molar-refractivity contribution is 5.95. The van der Waals surface area contributed by atoms with E-state index < -0.39 is 0 Å². The Labute approximate surface area is 185 Å². The molecule has 0 aliphatic carbocycles. The molecule has 166 valence electrons. The number of carbonyl (C=O) groups is 1. The van der Waals surface area contributed by atoms with Crippen LogP contribution in [0.5, 0.6) is 5.75 Å². The average molecular weight is 425 g/mol. The van der Waals surface area contributed by atoms with E-state index in [0.29, 0.717) is 24.4 Å². The van der Waals surface area contributed by atoms with Crippen LogP contribution in [0.25, 0.3) is 5.57 Å². The van der Waals surface area contributed by atoms with Gasteiger partial charge in [-0.2, -0.15) is 0 Å². The number of hydrogen-bond donors (Lipinski definition) is 1. The fourth-order valence-corrected chi connectivity index (χ4v) is 4.21. The standard InChI is InChI=1S/C24H27FN2O2.C2H6/c1-3-27(4-2)23(28)18-7-5-17(6-8-18)21-16-24(11-13-26-14-12-24)29-22-10-9-19(25)15-20(21)22;1-2/h5-10,15-16,26H,3-4,11-14H2,1-2H3;1-2H3. The first-order chi connectivity index (χ1) is 15.0. The van der Waals surface area contributed by atoms with Crippen LogP contribution in [0.15, 0.2) is 48.5 Å². The van der Waals surface area contributed by atoms with E-state index in [4.69, 9.17) is 4.74 Å². The van der Waals surface area contributed by atoms with Crippen LogP contribution < -0.4 is 10.1 Å². The van der Waals surface area contributed by atoms with Crippen LogP contribution in [0.2, 0.25) is 0 Å². The summed E-state index contributed by atoms with van der Waals surface area (Å²) in [6.45, 7) is 11.1. The fraction of sp³-hybridized carbons (Fsp3) is 0.423. The van der Waals surface area contributed by atoms with Crippen molar-refractivity contribution >= 4 is 11.5 Å². The van der Waals surface area contributed by atoms with E-state index >= 15 is 0 Å². The summed E-state index contributed by atoms with van der Waals surface area (Å²) in [6.07, 6.45) is 3.88. The third-order valence-corrected chi connectivity index (χ3v) is 5.90. The van der Waals surface area contributed by atoms with E-state index in [1.165, 1.54) is 12.1 Å². The van der Waals surface area contributed by atoms with Crippen molar-refractivity contribution in [2.75, 3.05) is 26.2 Å². The highest BCUT2D eigenvalue weighted by Gasteiger charge is 2.37. The summed E-state index contributed by atoms with van der Waals surface area (Å²) in [7, 11) is 0. The predicted molar refractivity (Wildman–Crippen MR) is 124 cm³/mol. The Kier molecular flexibility index (Phi) is 7.50. The lowest BCUT2D eigenvalue weighted by Crippen LogP contribution is -2.46. The van der Waals surface area contributed by atoms with Gasteiger partial charge in [0.25, 0.3) is 5.91 Å². The van der Waals surface area contributed by atoms with E-state index in [-0.39, 0.29) is 17.3 Å². The smallest absolute Gasteiger partial charge is 0.253 e. The number of nitrogens with zero attached hydrogens (tertiary/aromatic N) is 1. The van der Waals surface area contributed by atoms with Gasteiger partial charge in [-0.25, -0.2) is 4.39 Å². The predicted octanol–water partition coefficient (Wildman–Crippen LogP) is 5.28. The summed E-state index contributed by atoms with van der Waals surface area (Å²) in [5.41, 5.74) is 2.99. The van der Waals surface area contributed by atoms with Gasteiger partial charge >= 0.3 is 0 Å². The molecule has 0 radical (unpaired) electrons. The first kappa shape index (κ1) is 23.0. The number of nitrogens with one attached hydrogen (secondary N) is 1. The molecule has 2 heterocycles. The molecule has 31 heavy (non-hydrogen) atoms. The lowest BCUT2D eigenvalue weighted by molar-refractivity contribution is 0.0772. The van der Waals surface area contributed by atoms with Crippen LogP contribution in [0.1, 0.15) is 62.0 Å². The molecule has 1 spiro atoms. The van der Waals surface area contributed by atoms with Crippen molar-refractivity contribution in [1.82, 2.24) is 10.2 Å². The molecule has 4 rings (SSSR count). The van der Waals surface area contributed by atoms with Crippen molar-refractivity contribution in [3.8, 4) is 5.75 Å². The average Bonchev–Trinajstić information content (AvgIpc) is 2.82. The third kappa shape index (κ3) is 4.82. The number of amides is 1. The molecule has 2 aromatic rings. The third-order valence-electron chi connectivity index (χ3n) is 5.90. The summed E-state index contributed by atoms with van der Waals surface area (Å²) in [5.74, 6) is 0.464. The molecule has 0 aromatic heterocycles. The van der Waals surface area contributed by atoms with Gasteiger partial charge in [-0.15, -0.1) is 0 Å². The zero-order valence-corrected chi connectivity index (χ0v) is 19.0. The molecule has 1 saturated heterocycles. The Bertz CT molecular complexity index is 927. The van der Waals surface area contributed by atoms with Gasteiger partial charge < -0.3 is 15.0 Å². The number of piperidine rings is 1. The molecule has 2 aromatic carbocycles. The quantitative estimate of drug-likeness (QED) is 0.726. The number of rotatable bonds is 4. The van der Waals surface area contributed by atoms with E-state index in [9.17, 15) is 9.18 Å². The van der Waals surface area contributed by atoms with Gasteiger partial charge in [0.2, 0.25) is 0 Å². The van der Waals surface area contributed by atoms with Gasteiger partial charge in [0.05, 0.1) is 0 Å². The minimum absolute atomic E-state index is 0.0313. The number of halogens is 1. The van der Waals surface area contributed by atoms with Crippen molar-refractivity contribution in [3.05, 3.63) is 71.0 Å². The van der Waals surface area contributed by atoms with Crippen molar-refractivity contribution < 1.29 is 13.9 Å². The highest BCUT2D eigenvalue weighted by atomic mass is 19.1. The van der Waals surface area contributed by atoms with Crippen molar-refractivity contribution in [2.45, 2.75) is 46.1 Å². The summed E-state index contributed by atoms with van der Waals surface area (Å²) >= 11 is 0. The van der Waals surface area contributed by atoms with Gasteiger partial charge in [0.1, 0.15) is 17.2 Å². The second-order valence-corrected chi connectivity index (χ2v) is 7.67. The maximum Gasteiger partial charge on any atom is 0.253 e. The molecule has 2 aliphatic rings. The summed E-state index contributed by atoms with van der Waals surface area (Å²) in [5, 5.41) is 3.37. The molecule has 0 atom stereocenters. The topological polar surface area (TPSA) is 41.6 Å². The minimum Gasteiger partial charge on any atom is -0.482 e. The summed E-state index contributed by atoms with van der Waals surface area (Å²) < 4.78 is 20.4. The van der Waals surface area contributed by atoms with E-state index in [2.05, 4.69) is 11.4 Å². The zero-order valence-electron chi connectivity index (χ0n) is 19.0. The highest BCUT2D eigenvalue weighted by Crippen LogP contribution is 2.42. The van der Waals surface area contributed by atoms with E-state index in [1.54, 1.807) is 11.0 Å². The Morgan fingerprint density at radius 1 is 1.06 bits per heavy atom. The summed E-state index contributed by atoms with van der Waals surface area (Å²) in [4.78, 5) is 14.4. The minimum atomic E-state index is -0.374. The summed E-state index contributed by atoms with van der Waals surface area (Å²) in [6, 6.07) is 12.3. The Hall–Kier alpha value is -2.66. The normalized spacial score (nSPS) is 16.4. The molecule has 0 unspecified atom stereocenters. The lowest BCUT2D eigenvalue weighted by atomic mass is 9.83. The maximum atomic E-state index is 14.0. The first-order valence-electron chi connectivity index (χ1n) is 11.4. The van der Waals surface area contributed by atoms with Crippen molar-refractivity contribution in [2.24, 2.45) is 0 Å². The van der Waals surface area contributed by atoms with Gasteiger partial charge in [-0.1, -0.05) is 26.0 Å². The number of carbonyl (C=O) groups excluding carboxylic acids is 1. The molecule has 1 N–H and O–H groups in total. The van der Waals surface area contributed by atoms with E-state index in [1.807, 2.05) is 52.0 Å². The number of benzene rings is 2. The molecule has 1 fully saturated rings. The fourth-order valence-electron chi connectivity index (χ4n) is 4.21. The zero-order chi connectivity index (χ0) is 22.4. The van der Waals surface area contributed by atoms with Crippen molar-refractivity contribution in [1.29, 1.82) is 0 Å². The Morgan fingerprint density at radius 3 is 2.32 bits per heavy atom. The van der Waals surface area contributed by atoms with Gasteiger partial charge in [-0.3, -0.25) is 4.79 Å². The second kappa shape index (κ2) is 10.1. The van der Waals surface area contributed by atoms with Gasteiger partial charge in [-0.05, 0) is 74.5 Å². The number of fused-ring (bicyclic) bond motifs is 1. The van der Waals surface area contributed by atoms with E-state index in [0.717, 1.165) is 42.6 Å². The molecular formula is C26H33FN2O2. The Balaban J connectivity index is 0.00000132. The van der Waals surface area contributed by atoms with Crippen LogP contribution in [0.3, 0.4) is 0 Å². The molecule has 0 saturated carbocycles. The van der Waals surface area contributed by atoms with Gasteiger partial charge in [0, 0.05) is 37.1 Å². The largest absolute Gasteiger partial charge is 0.482 e. The Morgan fingerprint density at radius 2 is 1.71 bits per heavy atom. The van der Waals surface area contributed by atoms with Crippen LogP contribution >= 0.6 is 0 Å².